The Hall–Kier alpha value is -1.39. The Balaban J connectivity index is 1.72. The van der Waals surface area contributed by atoms with E-state index < -0.39 is 6.04 Å². The maximum atomic E-state index is 12.9. The summed E-state index contributed by atoms with van der Waals surface area (Å²) >= 11 is 12.0. The van der Waals surface area contributed by atoms with E-state index in [4.69, 9.17) is 23.2 Å². The van der Waals surface area contributed by atoms with E-state index in [1.54, 1.807) is 17.0 Å². The van der Waals surface area contributed by atoms with Gasteiger partial charge in [0.25, 0.3) is 5.91 Å². The minimum Gasteiger partial charge on any atom is -0.327 e. The standard InChI is InChI=1S/C19H22Cl2N2O2/c1-22-19(25)17-11-13-4-2-3-5-16(13)23(17)18(24)9-7-12-6-8-14(20)15(21)10-12/h6,8,10,13,16-17H,1-5,7,9,11H2/t13-,16-,17-/m0/s1. The van der Waals surface area contributed by atoms with E-state index in [9.17, 15) is 9.59 Å². The van der Waals surface area contributed by atoms with Gasteiger partial charge in [0.05, 0.1) is 10.0 Å². The number of hydrogen-bond acceptors (Lipinski definition) is 2. The molecule has 0 radical (unpaired) electrons. The molecule has 3 rings (SSSR count). The molecule has 134 valence electrons. The summed E-state index contributed by atoms with van der Waals surface area (Å²) in [7, 11) is 0. The molecular formula is C19H22Cl2N2O2. The predicted octanol–water partition coefficient (Wildman–Crippen LogP) is 4.31. The van der Waals surface area contributed by atoms with Crippen molar-refractivity contribution in [3.05, 3.63) is 33.8 Å². The van der Waals surface area contributed by atoms with Crippen LogP contribution in [0.25, 0.3) is 0 Å². The van der Waals surface area contributed by atoms with Gasteiger partial charge in [-0.1, -0.05) is 42.1 Å². The van der Waals surface area contributed by atoms with Crippen LogP contribution in [0.5, 0.6) is 0 Å². The minimum absolute atomic E-state index is 0.0162. The highest BCUT2D eigenvalue weighted by molar-refractivity contribution is 6.42. The summed E-state index contributed by atoms with van der Waals surface area (Å²) in [5.74, 6) is 0.151. The van der Waals surface area contributed by atoms with Crippen LogP contribution in [-0.2, 0) is 16.0 Å². The molecule has 6 heteroatoms. The van der Waals surface area contributed by atoms with Crippen LogP contribution < -0.4 is 0 Å². The number of aryl methyl sites for hydroxylation is 1. The molecule has 2 aliphatic rings. The van der Waals surface area contributed by atoms with Crippen LogP contribution in [0, 0.1) is 5.92 Å². The Morgan fingerprint density at radius 1 is 1.20 bits per heavy atom. The minimum atomic E-state index is -0.438. The van der Waals surface area contributed by atoms with Crippen molar-refractivity contribution in [3.63, 3.8) is 0 Å². The zero-order valence-electron chi connectivity index (χ0n) is 14.1. The van der Waals surface area contributed by atoms with Gasteiger partial charge in [-0.05, 0) is 56.0 Å². The number of hydrogen-bond donors (Lipinski definition) is 0. The second-order valence-corrected chi connectivity index (χ2v) is 7.72. The molecule has 2 fully saturated rings. The van der Waals surface area contributed by atoms with Crippen molar-refractivity contribution < 1.29 is 9.59 Å². The number of benzene rings is 1. The van der Waals surface area contributed by atoms with Crippen molar-refractivity contribution in [1.82, 2.24) is 4.90 Å². The molecule has 0 bridgehead atoms. The lowest BCUT2D eigenvalue weighted by Crippen LogP contribution is -2.46. The third-order valence-electron chi connectivity index (χ3n) is 5.43. The third-order valence-corrected chi connectivity index (χ3v) is 6.17. The van der Waals surface area contributed by atoms with Gasteiger partial charge < -0.3 is 4.90 Å². The first-order valence-electron chi connectivity index (χ1n) is 8.77. The molecule has 4 nitrogen and oxygen atoms in total. The van der Waals surface area contributed by atoms with E-state index in [2.05, 4.69) is 11.7 Å². The van der Waals surface area contributed by atoms with Gasteiger partial charge in [0.2, 0.25) is 5.91 Å². The number of aliphatic imine (C=N–C) groups is 1. The second-order valence-electron chi connectivity index (χ2n) is 6.91. The maximum Gasteiger partial charge on any atom is 0.267 e. The van der Waals surface area contributed by atoms with E-state index >= 15 is 0 Å². The average Bonchev–Trinajstić information content (AvgIpc) is 3.01. The van der Waals surface area contributed by atoms with Crippen molar-refractivity contribution in [1.29, 1.82) is 0 Å². The van der Waals surface area contributed by atoms with E-state index in [1.165, 1.54) is 6.42 Å². The summed E-state index contributed by atoms with van der Waals surface area (Å²) in [5, 5.41) is 0.994. The smallest absolute Gasteiger partial charge is 0.267 e. The fraction of sp³-hybridized carbons (Fsp3) is 0.526. The lowest BCUT2D eigenvalue weighted by molar-refractivity contribution is -0.139. The van der Waals surface area contributed by atoms with Crippen LogP contribution in [0.2, 0.25) is 10.0 Å². The number of rotatable bonds is 4. The quantitative estimate of drug-likeness (QED) is 0.730. The Morgan fingerprint density at radius 2 is 1.96 bits per heavy atom. The van der Waals surface area contributed by atoms with E-state index in [1.807, 2.05) is 6.07 Å². The van der Waals surface area contributed by atoms with Gasteiger partial charge in [0.15, 0.2) is 0 Å². The molecule has 2 amide bonds. The van der Waals surface area contributed by atoms with Gasteiger partial charge in [0.1, 0.15) is 6.04 Å². The molecule has 0 aromatic heterocycles. The summed E-state index contributed by atoms with van der Waals surface area (Å²) in [4.78, 5) is 30.5. The monoisotopic (exact) mass is 380 g/mol. The number of nitrogens with zero attached hydrogens (tertiary/aromatic N) is 2. The molecule has 1 aliphatic heterocycles. The summed E-state index contributed by atoms with van der Waals surface area (Å²) in [6.07, 6.45) is 6.00. The molecule has 1 heterocycles. The van der Waals surface area contributed by atoms with E-state index in [-0.39, 0.29) is 17.9 Å². The molecule has 0 N–H and O–H groups in total. The number of amides is 2. The molecule has 1 saturated carbocycles. The molecule has 1 aromatic carbocycles. The molecule has 0 spiro atoms. The number of halogens is 2. The summed E-state index contributed by atoms with van der Waals surface area (Å²) in [6, 6.07) is 5.14. The van der Waals surface area contributed by atoms with Crippen LogP contribution in [0.3, 0.4) is 0 Å². The normalized spacial score (nSPS) is 25.5. The zero-order valence-corrected chi connectivity index (χ0v) is 15.6. The Labute approximate surface area is 158 Å². The first-order chi connectivity index (χ1) is 12.0. The van der Waals surface area contributed by atoms with E-state index in [0.29, 0.717) is 28.8 Å². The summed E-state index contributed by atoms with van der Waals surface area (Å²) in [6.45, 7) is 3.36. The van der Waals surface area contributed by atoms with Gasteiger partial charge in [-0.3, -0.25) is 9.59 Å². The number of carbonyl (C=O) groups excluding carboxylic acids is 2. The number of likely N-dealkylation sites (tertiary alicyclic amines) is 1. The maximum absolute atomic E-state index is 12.9. The Bertz CT molecular complexity index is 692. The number of fused-ring (bicyclic) bond motifs is 1. The van der Waals surface area contributed by atoms with Gasteiger partial charge >= 0.3 is 0 Å². The first-order valence-corrected chi connectivity index (χ1v) is 9.52. The van der Waals surface area contributed by atoms with Crippen LogP contribution in [0.4, 0.5) is 0 Å². The van der Waals surface area contributed by atoms with Gasteiger partial charge in [-0.2, -0.15) is 0 Å². The SMILES string of the molecule is C=NC(=O)[C@@H]1C[C@@H]2CCCC[C@@H]2N1C(=O)CCc1ccc(Cl)c(Cl)c1. The van der Waals surface area contributed by atoms with Crippen molar-refractivity contribution >= 4 is 41.7 Å². The average molecular weight is 381 g/mol. The summed E-state index contributed by atoms with van der Waals surface area (Å²) in [5.41, 5.74) is 0.965. The van der Waals surface area contributed by atoms with Gasteiger partial charge in [-0.15, -0.1) is 0 Å². The Kier molecular flexibility index (Phi) is 5.80. The number of carbonyl (C=O) groups is 2. The molecule has 1 aliphatic carbocycles. The second kappa shape index (κ2) is 7.88. The summed E-state index contributed by atoms with van der Waals surface area (Å²) < 4.78 is 0. The van der Waals surface area contributed by atoms with Crippen molar-refractivity contribution in [3.8, 4) is 0 Å². The highest BCUT2D eigenvalue weighted by Gasteiger charge is 2.46. The largest absolute Gasteiger partial charge is 0.327 e. The van der Waals surface area contributed by atoms with Gasteiger partial charge in [0, 0.05) is 12.5 Å². The molecule has 25 heavy (non-hydrogen) atoms. The lowest BCUT2D eigenvalue weighted by Gasteiger charge is -2.33. The molecule has 0 unspecified atom stereocenters. The van der Waals surface area contributed by atoms with Crippen molar-refractivity contribution in [2.24, 2.45) is 10.9 Å². The molecule has 3 atom stereocenters. The fourth-order valence-electron chi connectivity index (χ4n) is 4.22. The van der Waals surface area contributed by atoms with Gasteiger partial charge in [-0.25, -0.2) is 4.99 Å². The molecule has 1 saturated heterocycles. The predicted molar refractivity (Wildman–Crippen MR) is 100 cm³/mol. The molecule has 1 aromatic rings. The fourth-order valence-corrected chi connectivity index (χ4v) is 4.54. The zero-order chi connectivity index (χ0) is 18.0. The highest BCUT2D eigenvalue weighted by atomic mass is 35.5. The lowest BCUT2D eigenvalue weighted by atomic mass is 9.84. The van der Waals surface area contributed by atoms with Crippen molar-refractivity contribution in [2.75, 3.05) is 0 Å². The van der Waals surface area contributed by atoms with Crippen LogP contribution in [0.15, 0.2) is 23.2 Å². The third kappa shape index (κ3) is 3.90. The van der Waals surface area contributed by atoms with Crippen LogP contribution in [0.1, 0.15) is 44.1 Å². The van der Waals surface area contributed by atoms with E-state index in [0.717, 1.165) is 31.2 Å². The van der Waals surface area contributed by atoms with Crippen LogP contribution in [-0.4, -0.2) is 35.5 Å². The first kappa shape index (κ1) is 18.4. The van der Waals surface area contributed by atoms with Crippen LogP contribution >= 0.6 is 23.2 Å². The molecular weight excluding hydrogens is 359 g/mol. The Morgan fingerprint density at radius 3 is 2.68 bits per heavy atom. The highest BCUT2D eigenvalue weighted by Crippen LogP contribution is 2.40. The van der Waals surface area contributed by atoms with Crippen molar-refractivity contribution in [2.45, 2.75) is 57.0 Å². The topological polar surface area (TPSA) is 49.7 Å².